The molecule has 0 bridgehead atoms. The van der Waals surface area contributed by atoms with E-state index < -0.39 is 81.2 Å². The number of rotatable bonds is 14. The summed E-state index contributed by atoms with van der Waals surface area (Å²) in [5, 5.41) is 0. The van der Waals surface area contributed by atoms with Gasteiger partial charge in [-0.05, 0) is 0 Å². The van der Waals surface area contributed by atoms with Gasteiger partial charge in [0.05, 0.1) is 13.2 Å². The maximum Gasteiger partial charge on any atom is 1.00 e. The van der Waals surface area contributed by atoms with Gasteiger partial charge in [0.2, 0.25) is 6.17 Å². The van der Waals surface area contributed by atoms with Gasteiger partial charge in [0.15, 0.2) is 6.17 Å². The van der Waals surface area contributed by atoms with Gasteiger partial charge in [0, 0.05) is 0 Å². The summed E-state index contributed by atoms with van der Waals surface area (Å²) in [6, 6.07) is 0. The van der Waals surface area contributed by atoms with Crippen molar-refractivity contribution in [2.24, 2.45) is 0 Å². The van der Waals surface area contributed by atoms with E-state index in [1.807, 2.05) is 0 Å². The van der Waals surface area contributed by atoms with E-state index in [0.717, 1.165) is 0 Å². The van der Waals surface area contributed by atoms with Crippen molar-refractivity contribution in [3.8, 4) is 0 Å². The van der Waals surface area contributed by atoms with Crippen LogP contribution >= 0.6 is 7.82 Å². The average molecular weight is 622 g/mol. The summed E-state index contributed by atoms with van der Waals surface area (Å²) in [5.74, 6) is -49.0. The molecule has 1 rings (SSSR count). The molecule has 5 nitrogen and oxygen atoms in total. The number of phosphoric acid groups is 1. The molecule has 0 saturated carbocycles. The number of alkyl halides is 17. The minimum atomic E-state index is -8.58. The van der Waals surface area contributed by atoms with E-state index in [1.165, 1.54) is 0 Å². The smallest absolute Gasteiger partial charge is 0.756 e. The first-order valence-corrected chi connectivity index (χ1v) is 9.91. The summed E-state index contributed by atoms with van der Waals surface area (Å²) in [6.07, 6.45) is -22.6. The molecule has 24 heteroatoms. The standard InChI is InChI=1S/C13H10F17O5P.Na/c14-4(6(16)17)5(15)8(19,20)10(23,24)12(27,28)13(29,30)11(25,26)9(21,22)7(18)35-36(31,32)34-2-3-1-33-3;/h3-7H,1-2H2,(H,31,32);/q;+1/p-1. The Labute approximate surface area is 215 Å². The van der Waals surface area contributed by atoms with Crippen LogP contribution in [0.3, 0.4) is 0 Å². The number of ether oxygens (including phenoxy) is 1. The van der Waals surface area contributed by atoms with Crippen molar-refractivity contribution in [1.29, 1.82) is 0 Å². The van der Waals surface area contributed by atoms with Crippen LogP contribution in [0.1, 0.15) is 0 Å². The third-order valence-electron chi connectivity index (χ3n) is 4.21. The van der Waals surface area contributed by atoms with Crippen molar-refractivity contribution in [2.45, 2.75) is 66.8 Å². The number of epoxide rings is 1. The molecule has 0 amide bonds. The van der Waals surface area contributed by atoms with Crippen LogP contribution in [0.2, 0.25) is 0 Å². The van der Waals surface area contributed by atoms with Gasteiger partial charge in [-0.15, -0.1) is 0 Å². The van der Waals surface area contributed by atoms with Gasteiger partial charge >= 0.3 is 65.1 Å². The molecule has 0 aromatic carbocycles. The molecule has 1 saturated heterocycles. The Kier molecular flexibility index (Phi) is 11.4. The molecular weight excluding hydrogens is 613 g/mol. The van der Waals surface area contributed by atoms with E-state index in [9.17, 15) is 84.1 Å². The molecule has 1 heterocycles. The topological polar surface area (TPSA) is 71.1 Å². The number of phosphoric ester groups is 1. The summed E-state index contributed by atoms with van der Waals surface area (Å²) in [6.45, 7) is -1.38. The number of hydrogen-bond acceptors (Lipinski definition) is 5. The SMILES string of the molecule is O=P([O-])(OCC1CO1)OC(F)C(F)(F)C(F)(F)C(F)(F)C(F)(F)C(F)(F)C(F)(F)C(F)C(F)C(F)F.[Na+]. The van der Waals surface area contributed by atoms with Crippen LogP contribution in [-0.4, -0.2) is 80.0 Å². The summed E-state index contributed by atoms with van der Waals surface area (Å²) in [5.41, 5.74) is 0. The Morgan fingerprint density at radius 1 is 0.784 bits per heavy atom. The summed E-state index contributed by atoms with van der Waals surface area (Å²) >= 11 is 0. The zero-order valence-electron chi connectivity index (χ0n) is 17.2. The summed E-state index contributed by atoms with van der Waals surface area (Å²) in [4.78, 5) is 11.1. The normalized spacial score (nSPS) is 22.2. The molecule has 0 aliphatic carbocycles. The Morgan fingerprint density at radius 2 is 1.16 bits per heavy atom. The van der Waals surface area contributed by atoms with Gasteiger partial charge in [-0.25, -0.2) is 22.0 Å². The van der Waals surface area contributed by atoms with Crippen molar-refractivity contribution in [3.05, 3.63) is 0 Å². The Morgan fingerprint density at radius 3 is 1.51 bits per heavy atom. The number of hydrogen-bond donors (Lipinski definition) is 0. The minimum Gasteiger partial charge on any atom is -0.756 e. The quantitative estimate of drug-likeness (QED) is 0.128. The van der Waals surface area contributed by atoms with Crippen molar-refractivity contribution in [3.63, 3.8) is 0 Å². The maximum atomic E-state index is 13.6. The van der Waals surface area contributed by atoms with Crippen LogP contribution in [0.5, 0.6) is 0 Å². The molecule has 0 radical (unpaired) electrons. The average Bonchev–Trinajstić information content (AvgIpc) is 3.54. The molecule has 0 aromatic heterocycles. The van der Waals surface area contributed by atoms with Crippen molar-refractivity contribution >= 4 is 7.82 Å². The third-order valence-corrected chi connectivity index (χ3v) is 5.12. The molecule has 1 fully saturated rings. The fourth-order valence-electron chi connectivity index (χ4n) is 2.01. The Balaban J connectivity index is 0.0000130. The molecule has 1 aliphatic rings. The Bertz CT molecular complexity index is 825. The fraction of sp³-hybridized carbons (Fsp3) is 1.00. The molecule has 216 valence electrons. The third kappa shape index (κ3) is 6.62. The van der Waals surface area contributed by atoms with Crippen LogP contribution in [-0.2, 0) is 18.3 Å². The van der Waals surface area contributed by atoms with Crippen LogP contribution in [0, 0.1) is 0 Å². The molecule has 0 aromatic rings. The van der Waals surface area contributed by atoms with Gasteiger partial charge in [-0.1, -0.05) is 0 Å². The first-order valence-electron chi connectivity index (χ1n) is 8.45. The van der Waals surface area contributed by atoms with E-state index in [4.69, 9.17) is 0 Å². The molecule has 1 aliphatic heterocycles. The molecule has 37 heavy (non-hydrogen) atoms. The van der Waals surface area contributed by atoms with Crippen molar-refractivity contribution < 1.29 is 127 Å². The van der Waals surface area contributed by atoms with Gasteiger partial charge in [-0.2, -0.15) is 52.7 Å². The molecule has 0 N–H and O–H groups in total. The van der Waals surface area contributed by atoms with E-state index in [2.05, 4.69) is 13.8 Å². The molecule has 5 unspecified atom stereocenters. The van der Waals surface area contributed by atoms with Crippen LogP contribution in [0.4, 0.5) is 74.6 Å². The summed E-state index contributed by atoms with van der Waals surface area (Å²) < 4.78 is 247. The van der Waals surface area contributed by atoms with Crippen molar-refractivity contribution in [1.82, 2.24) is 0 Å². The van der Waals surface area contributed by atoms with E-state index >= 15 is 0 Å². The van der Waals surface area contributed by atoms with E-state index in [0.29, 0.717) is 0 Å². The zero-order valence-corrected chi connectivity index (χ0v) is 20.1. The van der Waals surface area contributed by atoms with Crippen molar-refractivity contribution in [2.75, 3.05) is 13.2 Å². The van der Waals surface area contributed by atoms with Gasteiger partial charge in [0.25, 0.3) is 20.6 Å². The molecule has 5 atom stereocenters. The van der Waals surface area contributed by atoms with E-state index in [1.54, 1.807) is 0 Å². The largest absolute Gasteiger partial charge is 1.00 e. The van der Waals surface area contributed by atoms with Gasteiger partial charge < -0.3 is 14.2 Å². The monoisotopic (exact) mass is 622 g/mol. The Hall–Kier alpha value is -0.120. The van der Waals surface area contributed by atoms with Gasteiger partial charge in [-0.3, -0.25) is 9.09 Å². The maximum absolute atomic E-state index is 13.6. The van der Waals surface area contributed by atoms with E-state index in [-0.39, 0.29) is 36.2 Å². The molecule has 0 spiro atoms. The van der Waals surface area contributed by atoms with Crippen LogP contribution in [0.15, 0.2) is 0 Å². The zero-order chi connectivity index (χ0) is 28.9. The molecular formula is C13H9F17NaO5P. The van der Waals surface area contributed by atoms with Crippen LogP contribution < -0.4 is 34.5 Å². The number of halogens is 17. The second kappa shape index (κ2) is 11.4. The predicted octanol–water partition coefficient (Wildman–Crippen LogP) is 1.94. The summed E-state index contributed by atoms with van der Waals surface area (Å²) in [7, 11) is -6.50. The van der Waals surface area contributed by atoms with Gasteiger partial charge in [0.1, 0.15) is 6.10 Å². The van der Waals surface area contributed by atoms with Crippen LogP contribution in [0.25, 0.3) is 0 Å². The second-order valence-electron chi connectivity index (χ2n) is 6.84. The predicted molar refractivity (Wildman–Crippen MR) is 74.8 cm³/mol. The first kappa shape index (κ1) is 36.9. The first-order chi connectivity index (χ1) is 15.7. The fourth-order valence-corrected chi connectivity index (χ4v) is 2.77. The minimum absolute atomic E-state index is 0. The second-order valence-corrected chi connectivity index (χ2v) is 8.21.